The second-order valence-corrected chi connectivity index (χ2v) is 17.3. The van der Waals surface area contributed by atoms with Gasteiger partial charge in [-0.2, -0.15) is 0 Å². The minimum atomic E-state index is -0.816. The normalized spacial score (nSPS) is 14.1. The van der Waals surface area contributed by atoms with Crippen LogP contribution in [0.1, 0.15) is 220 Å². The van der Waals surface area contributed by atoms with Crippen molar-refractivity contribution in [3.05, 3.63) is 109 Å². The Bertz CT molecular complexity index is 1320. The SMILES string of the molecule is CC/C=C/C=C/C=C\C=C/C=C/CCCCCC(=O)OC(CCC/C=C\C/C=C\C/C=C\C/C=C\CCCCC)CC(=O)NC(CO)C(O)CCCCCCCCCCCCCCC. The molecule has 0 aromatic rings. The highest BCUT2D eigenvalue weighted by Crippen LogP contribution is 2.16. The third kappa shape index (κ3) is 45.1. The van der Waals surface area contributed by atoms with Crippen molar-refractivity contribution in [2.24, 2.45) is 0 Å². The third-order valence-electron chi connectivity index (χ3n) is 11.2. The Morgan fingerprint density at radius 2 is 0.922 bits per heavy atom. The first-order valence-corrected chi connectivity index (χ1v) is 26.2. The number of nitrogens with one attached hydrogen (secondary N) is 1. The predicted octanol–water partition coefficient (Wildman–Crippen LogP) is 15.9. The number of unbranched alkanes of at least 4 members (excludes halogenated alkanes) is 19. The zero-order chi connectivity index (χ0) is 46.7. The van der Waals surface area contributed by atoms with Crippen molar-refractivity contribution >= 4 is 11.9 Å². The maximum absolute atomic E-state index is 13.2. The van der Waals surface area contributed by atoms with Gasteiger partial charge in [0.2, 0.25) is 5.91 Å². The lowest BCUT2D eigenvalue weighted by molar-refractivity contribution is -0.151. The van der Waals surface area contributed by atoms with E-state index in [1.807, 2.05) is 42.5 Å². The van der Waals surface area contributed by atoms with Crippen molar-refractivity contribution in [1.29, 1.82) is 0 Å². The molecule has 3 unspecified atom stereocenters. The molecule has 0 saturated heterocycles. The van der Waals surface area contributed by atoms with E-state index in [0.717, 1.165) is 83.5 Å². The van der Waals surface area contributed by atoms with Gasteiger partial charge in [-0.05, 0) is 83.5 Å². The Balaban J connectivity index is 4.80. The fourth-order valence-corrected chi connectivity index (χ4v) is 7.26. The molecule has 0 rings (SSSR count). The molecule has 0 radical (unpaired) electrons. The Hall–Kier alpha value is -3.48. The Labute approximate surface area is 394 Å². The number of carbonyl (C=O) groups is 2. The summed E-state index contributed by atoms with van der Waals surface area (Å²) in [6.07, 6.45) is 68.6. The van der Waals surface area contributed by atoms with E-state index in [2.05, 4.69) is 92.9 Å². The summed E-state index contributed by atoms with van der Waals surface area (Å²) in [5, 5.41) is 23.8. The summed E-state index contributed by atoms with van der Waals surface area (Å²) < 4.78 is 5.89. The molecule has 0 spiro atoms. The van der Waals surface area contributed by atoms with Crippen LogP contribution in [0.25, 0.3) is 0 Å². The second kappa shape index (κ2) is 50.5. The summed E-state index contributed by atoms with van der Waals surface area (Å²) in [6, 6.07) is -0.735. The molecule has 0 fully saturated rings. The summed E-state index contributed by atoms with van der Waals surface area (Å²) in [5.74, 6) is -0.586. The van der Waals surface area contributed by atoms with Gasteiger partial charge in [0.05, 0.1) is 25.2 Å². The van der Waals surface area contributed by atoms with Gasteiger partial charge in [0.15, 0.2) is 0 Å². The summed E-state index contributed by atoms with van der Waals surface area (Å²) >= 11 is 0. The number of hydrogen-bond acceptors (Lipinski definition) is 5. The molecule has 3 N–H and O–H groups in total. The van der Waals surface area contributed by atoms with Crippen LogP contribution in [-0.2, 0) is 14.3 Å². The molecule has 3 atom stereocenters. The minimum Gasteiger partial charge on any atom is -0.462 e. The molecule has 6 nitrogen and oxygen atoms in total. The standard InChI is InChI=1S/C58H97NO5/c1-4-7-10-13-16-19-22-25-27-28-30-32-34-37-40-43-46-49-54(64-58(63)51-48-45-42-39-36-33-29-26-23-20-17-14-11-8-5-2)52-57(62)59-55(53-60)56(61)50-47-44-41-38-35-31-24-21-18-15-12-9-6-3/h8,11,14,16-17,19-20,23,25-27,29-30,32-33,36-37,40,54-56,60-61H,4-7,9-10,12-13,15,18,21-22,24,28,31,34-35,38-39,41-53H2,1-3H3,(H,59,62)/b11-8+,17-14+,19-16-,23-20-,27-25-,29-26-,32-30-,36-33+,40-37-. The first-order chi connectivity index (χ1) is 31.5. The van der Waals surface area contributed by atoms with E-state index in [-0.39, 0.29) is 24.9 Å². The maximum Gasteiger partial charge on any atom is 0.306 e. The molecule has 0 aromatic heterocycles. The molecule has 1 amide bonds. The van der Waals surface area contributed by atoms with Gasteiger partial charge >= 0.3 is 5.97 Å². The van der Waals surface area contributed by atoms with E-state index in [9.17, 15) is 19.8 Å². The van der Waals surface area contributed by atoms with Crippen molar-refractivity contribution in [2.45, 2.75) is 238 Å². The van der Waals surface area contributed by atoms with Gasteiger partial charge in [-0.3, -0.25) is 9.59 Å². The molecule has 64 heavy (non-hydrogen) atoms. The Morgan fingerprint density at radius 3 is 1.47 bits per heavy atom. The summed E-state index contributed by atoms with van der Waals surface area (Å²) in [7, 11) is 0. The summed E-state index contributed by atoms with van der Waals surface area (Å²) in [6.45, 7) is 6.28. The first kappa shape index (κ1) is 60.5. The number of carbonyl (C=O) groups excluding carboxylic acids is 2. The molecule has 0 heterocycles. The van der Waals surface area contributed by atoms with Crippen LogP contribution < -0.4 is 5.32 Å². The monoisotopic (exact) mass is 888 g/mol. The highest BCUT2D eigenvalue weighted by Gasteiger charge is 2.24. The fraction of sp³-hybridized carbons (Fsp3) is 0.655. The van der Waals surface area contributed by atoms with E-state index in [1.54, 1.807) is 0 Å². The van der Waals surface area contributed by atoms with Gasteiger partial charge < -0.3 is 20.3 Å². The van der Waals surface area contributed by atoms with E-state index in [1.165, 1.54) is 89.9 Å². The molecule has 0 aromatic carbocycles. The number of rotatable bonds is 45. The number of hydrogen-bond donors (Lipinski definition) is 3. The van der Waals surface area contributed by atoms with Crippen LogP contribution in [0.3, 0.4) is 0 Å². The van der Waals surface area contributed by atoms with Crippen LogP contribution in [0.15, 0.2) is 109 Å². The molecular weight excluding hydrogens is 791 g/mol. The van der Waals surface area contributed by atoms with Crippen molar-refractivity contribution in [2.75, 3.05) is 6.61 Å². The molecular formula is C58H97NO5. The number of aliphatic hydroxyl groups is 2. The van der Waals surface area contributed by atoms with E-state index < -0.39 is 18.2 Å². The molecule has 364 valence electrons. The van der Waals surface area contributed by atoms with Crippen LogP contribution in [0, 0.1) is 0 Å². The number of ether oxygens (including phenoxy) is 1. The van der Waals surface area contributed by atoms with Gasteiger partial charge in [-0.25, -0.2) is 0 Å². The smallest absolute Gasteiger partial charge is 0.306 e. The quantitative estimate of drug-likeness (QED) is 0.0245. The van der Waals surface area contributed by atoms with E-state index in [0.29, 0.717) is 19.3 Å². The summed E-state index contributed by atoms with van der Waals surface area (Å²) in [5.41, 5.74) is 0. The van der Waals surface area contributed by atoms with E-state index in [4.69, 9.17) is 4.74 Å². The molecule has 0 saturated carbocycles. The van der Waals surface area contributed by atoms with Crippen LogP contribution in [0.2, 0.25) is 0 Å². The maximum atomic E-state index is 13.2. The van der Waals surface area contributed by atoms with Gasteiger partial charge in [-0.15, -0.1) is 0 Å². The first-order valence-electron chi connectivity index (χ1n) is 26.2. The zero-order valence-corrected chi connectivity index (χ0v) is 41.4. The molecule has 6 heteroatoms. The van der Waals surface area contributed by atoms with Crippen LogP contribution in [0.4, 0.5) is 0 Å². The minimum absolute atomic E-state index is 0.0159. The fourth-order valence-electron chi connectivity index (χ4n) is 7.26. The lowest BCUT2D eigenvalue weighted by Gasteiger charge is -2.24. The average molecular weight is 888 g/mol. The molecule has 0 aliphatic carbocycles. The second-order valence-electron chi connectivity index (χ2n) is 17.3. The Kier molecular flexibility index (Phi) is 47.8. The average Bonchev–Trinajstić information content (AvgIpc) is 3.29. The van der Waals surface area contributed by atoms with Crippen LogP contribution >= 0.6 is 0 Å². The molecule has 0 aliphatic rings. The molecule has 0 aliphatic heterocycles. The van der Waals surface area contributed by atoms with E-state index >= 15 is 0 Å². The zero-order valence-electron chi connectivity index (χ0n) is 41.4. The van der Waals surface area contributed by atoms with Crippen molar-refractivity contribution in [3.8, 4) is 0 Å². The van der Waals surface area contributed by atoms with Crippen LogP contribution in [0.5, 0.6) is 0 Å². The van der Waals surface area contributed by atoms with Gasteiger partial charge in [-0.1, -0.05) is 233 Å². The Morgan fingerprint density at radius 1 is 0.484 bits per heavy atom. The number of allylic oxidation sites excluding steroid dienone is 18. The largest absolute Gasteiger partial charge is 0.462 e. The number of esters is 1. The third-order valence-corrected chi connectivity index (χ3v) is 11.2. The van der Waals surface area contributed by atoms with Gasteiger partial charge in [0, 0.05) is 6.42 Å². The molecule has 0 bridgehead atoms. The van der Waals surface area contributed by atoms with Crippen molar-refractivity contribution in [1.82, 2.24) is 5.32 Å². The lowest BCUT2D eigenvalue weighted by Crippen LogP contribution is -2.46. The topological polar surface area (TPSA) is 95.9 Å². The lowest BCUT2D eigenvalue weighted by atomic mass is 10.0. The highest BCUT2D eigenvalue weighted by molar-refractivity contribution is 5.77. The summed E-state index contributed by atoms with van der Waals surface area (Å²) in [4.78, 5) is 26.2. The van der Waals surface area contributed by atoms with Crippen molar-refractivity contribution in [3.63, 3.8) is 0 Å². The highest BCUT2D eigenvalue weighted by atomic mass is 16.5. The number of aliphatic hydroxyl groups excluding tert-OH is 2. The van der Waals surface area contributed by atoms with Crippen LogP contribution in [-0.4, -0.2) is 46.9 Å². The predicted molar refractivity (Wildman–Crippen MR) is 277 cm³/mol. The van der Waals surface area contributed by atoms with Gasteiger partial charge in [0.1, 0.15) is 6.10 Å². The van der Waals surface area contributed by atoms with Gasteiger partial charge in [0.25, 0.3) is 0 Å². The van der Waals surface area contributed by atoms with Crippen molar-refractivity contribution < 1.29 is 24.5 Å². The number of amides is 1.